The van der Waals surface area contributed by atoms with Crippen LogP contribution in [0.2, 0.25) is 0 Å². The van der Waals surface area contributed by atoms with Gasteiger partial charge in [0.15, 0.2) is 0 Å². The minimum Gasteiger partial charge on any atom is -0.496 e. The molecule has 1 fully saturated rings. The maximum Gasteiger partial charge on any atom is 0.303 e. The molecule has 5 nitrogen and oxygen atoms in total. The van der Waals surface area contributed by atoms with Crippen LogP contribution in [-0.4, -0.2) is 42.1 Å². The number of ether oxygens (including phenoxy) is 1. The van der Waals surface area contributed by atoms with Gasteiger partial charge in [-0.25, -0.2) is 0 Å². The molecule has 0 saturated carbocycles. The van der Waals surface area contributed by atoms with Gasteiger partial charge in [-0.05, 0) is 18.8 Å². The number of carbonyl (C=O) groups excluding carboxylic acids is 1. The quantitative estimate of drug-likeness (QED) is 0.918. The van der Waals surface area contributed by atoms with Crippen LogP contribution in [0.3, 0.4) is 0 Å². The maximum absolute atomic E-state index is 12.2. The van der Waals surface area contributed by atoms with Crippen molar-refractivity contribution in [1.29, 1.82) is 0 Å². The maximum atomic E-state index is 12.2. The number of amides is 1. The molecule has 1 N–H and O–H groups in total. The first-order valence-corrected chi connectivity index (χ1v) is 7.11. The Bertz CT molecular complexity index is 463. The predicted octanol–water partition coefficient (Wildman–Crippen LogP) is 2.08. The molecule has 19 heavy (non-hydrogen) atoms. The lowest BCUT2D eigenvalue weighted by molar-refractivity contribution is -0.138. The molecule has 0 aliphatic carbocycles. The van der Waals surface area contributed by atoms with Gasteiger partial charge < -0.3 is 14.7 Å². The molecule has 0 unspecified atom stereocenters. The lowest BCUT2D eigenvalue weighted by atomic mass is 9.93. The molecule has 0 aromatic carbocycles. The van der Waals surface area contributed by atoms with Gasteiger partial charge in [-0.3, -0.25) is 9.59 Å². The van der Waals surface area contributed by atoms with Gasteiger partial charge in [0.2, 0.25) is 0 Å². The Labute approximate surface area is 115 Å². The molecule has 0 bridgehead atoms. The highest BCUT2D eigenvalue weighted by atomic mass is 32.1. The lowest BCUT2D eigenvalue weighted by Gasteiger charge is -2.31. The number of carboxylic acids is 1. The Morgan fingerprint density at radius 2 is 2.16 bits per heavy atom. The average Bonchev–Trinajstić information content (AvgIpc) is 2.87. The monoisotopic (exact) mass is 283 g/mol. The Balaban J connectivity index is 1.90. The zero-order valence-corrected chi connectivity index (χ0v) is 11.6. The number of thiophene rings is 1. The summed E-state index contributed by atoms with van der Waals surface area (Å²) in [7, 11) is 1.58. The standard InChI is InChI=1S/C13H17NO4S/c1-18-10-7-11(19-8-10)13(17)14-4-2-9(3-5-14)6-12(15)16/h7-9H,2-6H2,1H3,(H,15,16). The van der Waals surface area contributed by atoms with E-state index in [9.17, 15) is 9.59 Å². The van der Waals surface area contributed by atoms with Gasteiger partial charge in [0, 0.05) is 31.0 Å². The molecule has 104 valence electrons. The number of carboxylic acid groups (broad SMARTS) is 1. The van der Waals surface area contributed by atoms with Crippen LogP contribution in [0.4, 0.5) is 0 Å². The second kappa shape index (κ2) is 6.06. The van der Waals surface area contributed by atoms with Crippen molar-refractivity contribution in [1.82, 2.24) is 4.90 Å². The average molecular weight is 283 g/mol. The SMILES string of the molecule is COc1csc(C(=O)N2CCC(CC(=O)O)CC2)c1. The lowest BCUT2D eigenvalue weighted by Crippen LogP contribution is -2.38. The zero-order valence-electron chi connectivity index (χ0n) is 10.8. The van der Waals surface area contributed by atoms with Gasteiger partial charge in [-0.1, -0.05) is 0 Å². The number of rotatable bonds is 4. The van der Waals surface area contributed by atoms with E-state index in [2.05, 4.69) is 0 Å². The van der Waals surface area contributed by atoms with Crippen LogP contribution in [0.1, 0.15) is 28.9 Å². The first-order valence-electron chi connectivity index (χ1n) is 6.23. The summed E-state index contributed by atoms with van der Waals surface area (Å²) in [5, 5.41) is 10.6. The van der Waals surface area contributed by atoms with Crippen LogP contribution in [-0.2, 0) is 4.79 Å². The molecule has 1 aliphatic heterocycles. The second-order valence-corrected chi connectivity index (χ2v) is 5.60. The molecular formula is C13H17NO4S. The first-order chi connectivity index (χ1) is 9.10. The summed E-state index contributed by atoms with van der Waals surface area (Å²) >= 11 is 1.38. The van der Waals surface area contributed by atoms with E-state index >= 15 is 0 Å². The molecule has 6 heteroatoms. The van der Waals surface area contributed by atoms with E-state index in [4.69, 9.17) is 9.84 Å². The van der Waals surface area contributed by atoms with E-state index in [1.165, 1.54) is 11.3 Å². The largest absolute Gasteiger partial charge is 0.496 e. The summed E-state index contributed by atoms with van der Waals surface area (Å²) < 4.78 is 5.07. The summed E-state index contributed by atoms with van der Waals surface area (Å²) in [5.41, 5.74) is 0. The van der Waals surface area contributed by atoms with Crippen LogP contribution in [0, 0.1) is 5.92 Å². The van der Waals surface area contributed by atoms with Crippen molar-refractivity contribution in [3.8, 4) is 5.75 Å². The van der Waals surface area contributed by atoms with E-state index in [1.54, 1.807) is 18.1 Å². The molecule has 2 heterocycles. The van der Waals surface area contributed by atoms with Gasteiger partial charge in [-0.15, -0.1) is 11.3 Å². The van der Waals surface area contributed by atoms with Gasteiger partial charge in [0.1, 0.15) is 5.75 Å². The predicted molar refractivity (Wildman–Crippen MR) is 71.8 cm³/mol. The first kappa shape index (κ1) is 13.9. The van der Waals surface area contributed by atoms with Crippen molar-refractivity contribution in [3.05, 3.63) is 16.3 Å². The van der Waals surface area contributed by atoms with Gasteiger partial charge in [0.05, 0.1) is 12.0 Å². The number of methoxy groups -OCH3 is 1. The number of piperidine rings is 1. The summed E-state index contributed by atoms with van der Waals surface area (Å²) in [5.74, 6) is 0.156. The van der Waals surface area contributed by atoms with E-state index in [0.29, 0.717) is 23.7 Å². The topological polar surface area (TPSA) is 66.8 Å². The van der Waals surface area contributed by atoms with Crippen molar-refractivity contribution >= 4 is 23.2 Å². The molecule has 1 saturated heterocycles. The molecule has 1 aromatic heterocycles. The summed E-state index contributed by atoms with van der Waals surface area (Å²) in [6.45, 7) is 1.27. The third-order valence-electron chi connectivity index (χ3n) is 3.39. The third-order valence-corrected chi connectivity index (χ3v) is 4.28. The fourth-order valence-electron chi connectivity index (χ4n) is 2.28. The number of hydrogen-bond acceptors (Lipinski definition) is 4. The van der Waals surface area contributed by atoms with E-state index in [1.807, 2.05) is 5.38 Å². The highest BCUT2D eigenvalue weighted by molar-refractivity contribution is 7.12. The normalized spacial score (nSPS) is 16.4. The molecular weight excluding hydrogens is 266 g/mol. The van der Waals surface area contributed by atoms with Crippen molar-refractivity contribution < 1.29 is 19.4 Å². The Kier molecular flexibility index (Phi) is 4.42. The highest BCUT2D eigenvalue weighted by Gasteiger charge is 2.25. The third kappa shape index (κ3) is 3.47. The fraction of sp³-hybridized carbons (Fsp3) is 0.538. The summed E-state index contributed by atoms with van der Waals surface area (Å²) in [6.07, 6.45) is 1.73. The number of likely N-dealkylation sites (tertiary alicyclic amines) is 1. The van der Waals surface area contributed by atoms with Gasteiger partial charge in [0.25, 0.3) is 5.91 Å². The molecule has 0 atom stereocenters. The van der Waals surface area contributed by atoms with E-state index in [-0.39, 0.29) is 18.2 Å². The molecule has 0 spiro atoms. The molecule has 1 aromatic rings. The van der Waals surface area contributed by atoms with Crippen LogP contribution in [0.15, 0.2) is 11.4 Å². The van der Waals surface area contributed by atoms with Crippen LogP contribution in [0.25, 0.3) is 0 Å². The van der Waals surface area contributed by atoms with Crippen molar-refractivity contribution in [2.24, 2.45) is 5.92 Å². The number of nitrogens with zero attached hydrogens (tertiary/aromatic N) is 1. The van der Waals surface area contributed by atoms with Crippen molar-refractivity contribution in [2.45, 2.75) is 19.3 Å². The molecule has 0 radical (unpaired) electrons. The molecule has 1 amide bonds. The highest BCUT2D eigenvalue weighted by Crippen LogP contribution is 2.26. The summed E-state index contributed by atoms with van der Waals surface area (Å²) in [6, 6.07) is 1.75. The smallest absolute Gasteiger partial charge is 0.303 e. The number of aliphatic carboxylic acids is 1. The van der Waals surface area contributed by atoms with Gasteiger partial charge in [-0.2, -0.15) is 0 Å². The number of hydrogen-bond donors (Lipinski definition) is 1. The summed E-state index contributed by atoms with van der Waals surface area (Å²) in [4.78, 5) is 25.3. The Hall–Kier alpha value is -1.56. The van der Waals surface area contributed by atoms with Crippen molar-refractivity contribution in [2.75, 3.05) is 20.2 Å². The Morgan fingerprint density at radius 1 is 1.47 bits per heavy atom. The number of carbonyl (C=O) groups is 2. The van der Waals surface area contributed by atoms with E-state index in [0.717, 1.165) is 12.8 Å². The molecule has 1 aliphatic rings. The Morgan fingerprint density at radius 3 is 2.68 bits per heavy atom. The minimum atomic E-state index is -0.757. The van der Waals surface area contributed by atoms with Gasteiger partial charge >= 0.3 is 5.97 Å². The van der Waals surface area contributed by atoms with Crippen LogP contribution < -0.4 is 4.74 Å². The zero-order chi connectivity index (χ0) is 13.8. The minimum absolute atomic E-state index is 0.0158. The van der Waals surface area contributed by atoms with Crippen LogP contribution in [0.5, 0.6) is 5.75 Å². The van der Waals surface area contributed by atoms with Crippen molar-refractivity contribution in [3.63, 3.8) is 0 Å². The fourth-order valence-corrected chi connectivity index (χ4v) is 3.10. The second-order valence-electron chi connectivity index (χ2n) is 4.68. The van der Waals surface area contributed by atoms with Crippen LogP contribution >= 0.6 is 11.3 Å². The molecule has 2 rings (SSSR count). The van der Waals surface area contributed by atoms with E-state index < -0.39 is 5.97 Å².